The largest absolute Gasteiger partial charge is 0.507 e. The van der Waals surface area contributed by atoms with E-state index in [1.165, 1.54) is 6.92 Å². The molecule has 0 aliphatic heterocycles. The van der Waals surface area contributed by atoms with Crippen molar-refractivity contribution in [2.75, 3.05) is 59.5 Å². The van der Waals surface area contributed by atoms with Crippen LogP contribution < -0.4 is 14.2 Å². The average Bonchev–Trinajstić information content (AvgIpc) is 2.95. The maximum atomic E-state index is 11.7. The third-order valence-electron chi connectivity index (χ3n) is 5.99. The van der Waals surface area contributed by atoms with Crippen LogP contribution in [-0.2, 0) is 25.4 Å². The van der Waals surface area contributed by atoms with Gasteiger partial charge in [-0.1, -0.05) is 25.5 Å². The molecule has 2 N–H and O–H groups in total. The predicted octanol–water partition coefficient (Wildman–Crippen LogP) is 4.67. The normalized spacial score (nSPS) is 11.0. The molecule has 0 amide bonds. The summed E-state index contributed by atoms with van der Waals surface area (Å²) in [5.74, 6) is 0.514. The van der Waals surface area contributed by atoms with Gasteiger partial charge in [-0.15, -0.1) is 0 Å². The third-order valence-corrected chi connectivity index (χ3v) is 5.99. The summed E-state index contributed by atoms with van der Waals surface area (Å²) >= 11 is 0. The van der Waals surface area contributed by atoms with Gasteiger partial charge in [-0.25, -0.2) is 4.79 Å². The minimum absolute atomic E-state index is 0.00556. The Morgan fingerprint density at radius 3 is 1.83 bits per heavy atom. The number of phenolic OH excluding ortho intramolecular Hbond substituents is 1. The lowest BCUT2D eigenvalue weighted by atomic mass is 10.0. The van der Waals surface area contributed by atoms with Crippen LogP contribution in [-0.4, -0.2) is 81.4 Å². The molecule has 0 radical (unpaired) electrons. The Kier molecular flexibility index (Phi) is 13.2. The molecule has 0 fully saturated rings. The van der Waals surface area contributed by atoms with Crippen molar-refractivity contribution in [2.24, 2.45) is 0 Å². The van der Waals surface area contributed by atoms with Crippen molar-refractivity contribution in [3.63, 3.8) is 0 Å². The second-order valence-electron chi connectivity index (χ2n) is 9.13. The number of carboxylic acids is 1. The van der Waals surface area contributed by atoms with Crippen molar-refractivity contribution in [1.82, 2.24) is 0 Å². The van der Waals surface area contributed by atoms with Gasteiger partial charge in [-0.3, -0.25) is 4.79 Å². The van der Waals surface area contributed by atoms with Crippen molar-refractivity contribution in [2.45, 2.75) is 26.7 Å². The molecule has 222 valence electrons. The number of phenols is 1. The molecule has 0 aliphatic rings. The Labute approximate surface area is 239 Å². The van der Waals surface area contributed by atoms with Crippen LogP contribution in [0.4, 0.5) is 0 Å². The summed E-state index contributed by atoms with van der Waals surface area (Å²) in [4.78, 5) is 22.4. The Hall–Kier alpha value is -3.86. The van der Waals surface area contributed by atoms with Crippen LogP contribution in [0, 0.1) is 0 Å². The number of aliphatic carboxylic acids is 1. The molecule has 0 aliphatic carbocycles. The highest BCUT2D eigenvalue weighted by atomic mass is 16.6. The topological polar surface area (TPSA) is 130 Å². The Balaban J connectivity index is 1.22. The highest BCUT2D eigenvalue weighted by Gasteiger charge is 2.15. The van der Waals surface area contributed by atoms with Crippen molar-refractivity contribution >= 4 is 22.5 Å². The Bertz CT molecular complexity index is 1270. The standard InChI is InChI=1S/C31H38O10/c1-3-4-28-29(10-9-27(22(2)32)31(28)35)40-18-16-38-14-12-36-11-13-37-15-17-39-25-7-5-23-6-8-26(20-24(23)19-25)41-21-30(33)34/h5-10,19-20,35H,3-4,11-18,21H2,1-2H3,(H,33,34). The molecule has 0 heterocycles. The molecule has 0 bridgehead atoms. The van der Waals surface area contributed by atoms with E-state index in [4.69, 9.17) is 33.5 Å². The number of Topliss-reactive ketones (excluding diaryl/α,β-unsaturated/α-hetero) is 1. The van der Waals surface area contributed by atoms with Crippen molar-refractivity contribution < 1.29 is 48.2 Å². The van der Waals surface area contributed by atoms with E-state index >= 15 is 0 Å². The number of ether oxygens (including phenoxy) is 6. The van der Waals surface area contributed by atoms with Crippen LogP contribution >= 0.6 is 0 Å². The van der Waals surface area contributed by atoms with Gasteiger partial charge < -0.3 is 38.6 Å². The summed E-state index contributed by atoms with van der Waals surface area (Å²) in [6.45, 7) is 6.18. The molecule has 3 aromatic rings. The van der Waals surface area contributed by atoms with Crippen molar-refractivity contribution in [3.8, 4) is 23.0 Å². The maximum Gasteiger partial charge on any atom is 0.341 e. The first-order valence-corrected chi connectivity index (χ1v) is 13.6. The fraction of sp³-hybridized carbons (Fsp3) is 0.419. The molecular weight excluding hydrogens is 532 g/mol. The molecule has 0 saturated heterocycles. The number of hydrogen-bond acceptors (Lipinski definition) is 9. The molecule has 41 heavy (non-hydrogen) atoms. The van der Waals surface area contributed by atoms with Gasteiger partial charge in [0.2, 0.25) is 0 Å². The lowest BCUT2D eigenvalue weighted by Crippen LogP contribution is -2.14. The highest BCUT2D eigenvalue weighted by molar-refractivity contribution is 5.97. The molecule has 0 atom stereocenters. The number of carbonyl (C=O) groups is 2. The minimum Gasteiger partial charge on any atom is -0.507 e. The monoisotopic (exact) mass is 570 g/mol. The second kappa shape index (κ2) is 17.1. The fourth-order valence-electron chi connectivity index (χ4n) is 4.03. The number of rotatable bonds is 20. The number of hydrogen-bond donors (Lipinski definition) is 2. The Morgan fingerprint density at radius 1 is 0.707 bits per heavy atom. The molecular formula is C31H38O10. The van der Waals surface area contributed by atoms with E-state index in [-0.39, 0.29) is 11.5 Å². The smallest absolute Gasteiger partial charge is 0.341 e. The van der Waals surface area contributed by atoms with Crippen LogP contribution in [0.15, 0.2) is 48.5 Å². The van der Waals surface area contributed by atoms with E-state index in [0.717, 1.165) is 17.2 Å². The van der Waals surface area contributed by atoms with Crippen LogP contribution in [0.3, 0.4) is 0 Å². The number of aromatic hydroxyl groups is 1. The summed E-state index contributed by atoms with van der Waals surface area (Å²) in [6, 6.07) is 14.3. The molecule has 0 unspecified atom stereocenters. The maximum absolute atomic E-state index is 11.7. The Morgan fingerprint density at radius 2 is 1.27 bits per heavy atom. The van der Waals surface area contributed by atoms with Gasteiger partial charge in [0.05, 0.1) is 45.2 Å². The van der Waals surface area contributed by atoms with E-state index in [1.54, 1.807) is 24.3 Å². The van der Waals surface area contributed by atoms with Gasteiger partial charge in [-0.05, 0) is 60.5 Å². The van der Waals surface area contributed by atoms with E-state index in [9.17, 15) is 14.7 Å². The quantitative estimate of drug-likeness (QED) is 0.146. The number of fused-ring (bicyclic) bond motifs is 1. The number of ketones is 1. The zero-order valence-corrected chi connectivity index (χ0v) is 23.6. The predicted molar refractivity (Wildman–Crippen MR) is 153 cm³/mol. The summed E-state index contributed by atoms with van der Waals surface area (Å²) in [5, 5.41) is 21.0. The zero-order chi connectivity index (χ0) is 29.5. The van der Waals surface area contributed by atoms with Crippen LogP contribution in [0.5, 0.6) is 23.0 Å². The third kappa shape index (κ3) is 10.6. The lowest BCUT2D eigenvalue weighted by Gasteiger charge is -2.14. The first-order chi connectivity index (χ1) is 19.9. The van der Waals surface area contributed by atoms with Gasteiger partial charge in [-0.2, -0.15) is 0 Å². The van der Waals surface area contributed by atoms with E-state index < -0.39 is 12.6 Å². The van der Waals surface area contributed by atoms with E-state index in [0.29, 0.717) is 87.7 Å². The molecule has 3 rings (SSSR count). The summed E-state index contributed by atoms with van der Waals surface area (Å²) in [5.41, 5.74) is 0.947. The van der Waals surface area contributed by atoms with Crippen LogP contribution in [0.25, 0.3) is 10.8 Å². The molecule has 10 heteroatoms. The molecule has 10 nitrogen and oxygen atoms in total. The van der Waals surface area contributed by atoms with Gasteiger partial charge in [0.25, 0.3) is 0 Å². The minimum atomic E-state index is -1.03. The van der Waals surface area contributed by atoms with Crippen molar-refractivity contribution in [3.05, 3.63) is 59.7 Å². The zero-order valence-electron chi connectivity index (χ0n) is 23.6. The summed E-state index contributed by atoms with van der Waals surface area (Å²) in [6.07, 6.45) is 1.43. The lowest BCUT2D eigenvalue weighted by molar-refractivity contribution is -0.139. The highest BCUT2D eigenvalue weighted by Crippen LogP contribution is 2.33. The number of carboxylic acid groups (broad SMARTS) is 1. The fourth-order valence-corrected chi connectivity index (χ4v) is 4.03. The van der Waals surface area contributed by atoms with Crippen molar-refractivity contribution in [1.29, 1.82) is 0 Å². The molecule has 3 aromatic carbocycles. The van der Waals surface area contributed by atoms with Gasteiger partial charge >= 0.3 is 5.97 Å². The first kappa shape index (κ1) is 31.7. The second-order valence-corrected chi connectivity index (χ2v) is 9.13. The number of carbonyl (C=O) groups excluding carboxylic acids is 1. The van der Waals surface area contributed by atoms with Gasteiger partial charge in [0, 0.05) is 5.56 Å². The summed E-state index contributed by atoms with van der Waals surface area (Å²) in [7, 11) is 0. The molecule has 0 spiro atoms. The van der Waals surface area contributed by atoms with Gasteiger partial charge in [0.15, 0.2) is 12.4 Å². The SMILES string of the molecule is CCCc1c(OCCOCCOCCOCCOc2ccc3ccc(OCC(=O)O)cc3c2)ccc(C(C)=O)c1O. The van der Waals surface area contributed by atoms with E-state index in [1.807, 2.05) is 31.2 Å². The first-order valence-electron chi connectivity index (χ1n) is 13.6. The molecule has 0 aromatic heterocycles. The van der Waals surface area contributed by atoms with E-state index in [2.05, 4.69) is 0 Å². The summed E-state index contributed by atoms with van der Waals surface area (Å²) < 4.78 is 33.4. The van der Waals surface area contributed by atoms with Gasteiger partial charge in [0.1, 0.15) is 36.2 Å². The average molecular weight is 571 g/mol. The number of benzene rings is 3. The molecule has 0 saturated carbocycles. The van der Waals surface area contributed by atoms with Crippen LogP contribution in [0.2, 0.25) is 0 Å². The van der Waals surface area contributed by atoms with Crippen LogP contribution in [0.1, 0.15) is 36.2 Å².